The number of rotatable bonds is 3. The van der Waals surface area contributed by atoms with Crippen molar-refractivity contribution in [3.63, 3.8) is 0 Å². The summed E-state index contributed by atoms with van der Waals surface area (Å²) in [4.78, 5) is 25.0. The molecule has 1 saturated heterocycles. The molecule has 1 aromatic carbocycles. The van der Waals surface area contributed by atoms with Crippen molar-refractivity contribution in [1.29, 1.82) is 0 Å². The van der Waals surface area contributed by atoms with Gasteiger partial charge in [-0.05, 0) is 36.8 Å². The lowest BCUT2D eigenvalue weighted by Crippen LogP contribution is -2.36. The van der Waals surface area contributed by atoms with E-state index in [9.17, 15) is 9.59 Å². The quantitative estimate of drug-likeness (QED) is 0.899. The van der Waals surface area contributed by atoms with Crippen LogP contribution in [0.2, 0.25) is 0 Å². The fraction of sp³-hybridized carbons (Fsp3) is 0.500. The van der Waals surface area contributed by atoms with Crippen molar-refractivity contribution >= 4 is 17.7 Å². The second-order valence-electron chi connectivity index (χ2n) is 5.68. The van der Waals surface area contributed by atoms with Crippen molar-refractivity contribution in [2.24, 2.45) is 5.92 Å². The van der Waals surface area contributed by atoms with Gasteiger partial charge in [0.15, 0.2) is 0 Å². The van der Waals surface area contributed by atoms with Crippen LogP contribution in [0.3, 0.4) is 0 Å². The van der Waals surface area contributed by atoms with E-state index in [0.29, 0.717) is 17.2 Å². The Bertz CT molecular complexity index is 516. The molecule has 1 aliphatic heterocycles. The van der Waals surface area contributed by atoms with E-state index in [-0.39, 0.29) is 12.5 Å². The number of nitrogens with one attached hydrogen (secondary N) is 1. The Morgan fingerprint density at radius 1 is 1.29 bits per heavy atom. The highest BCUT2D eigenvalue weighted by Gasteiger charge is 2.19. The van der Waals surface area contributed by atoms with Crippen LogP contribution in [0, 0.1) is 5.92 Å². The average molecular weight is 290 g/mol. The van der Waals surface area contributed by atoms with Gasteiger partial charge in [-0.1, -0.05) is 25.1 Å². The van der Waals surface area contributed by atoms with Crippen molar-refractivity contribution in [1.82, 2.24) is 4.90 Å². The summed E-state index contributed by atoms with van der Waals surface area (Å²) < 4.78 is 0. The zero-order valence-corrected chi connectivity index (χ0v) is 12.3. The van der Waals surface area contributed by atoms with E-state index in [1.54, 1.807) is 24.3 Å². The van der Waals surface area contributed by atoms with Crippen LogP contribution in [0.1, 0.15) is 31.7 Å². The molecule has 1 fully saturated rings. The molecule has 1 heterocycles. The van der Waals surface area contributed by atoms with Crippen LogP contribution in [0.5, 0.6) is 0 Å². The van der Waals surface area contributed by atoms with Crippen molar-refractivity contribution in [3.05, 3.63) is 29.8 Å². The largest absolute Gasteiger partial charge is 0.481 e. The Hall–Kier alpha value is -2.04. The molecular weight excluding hydrogens is 268 g/mol. The first-order chi connectivity index (χ1) is 10.1. The third-order valence-corrected chi connectivity index (χ3v) is 3.90. The summed E-state index contributed by atoms with van der Waals surface area (Å²) in [5.74, 6) is -0.248. The number of anilines is 1. The standard InChI is InChI=1S/C16H22N2O3/c1-12-5-4-9-18(10-8-12)16(21)17-14-7-3-2-6-13(14)11-15(19)20/h2-3,6-7,12H,4-5,8-11H2,1H3,(H,17,21)(H,19,20). The van der Waals surface area contributed by atoms with E-state index in [0.717, 1.165) is 32.4 Å². The minimum atomic E-state index is -0.903. The summed E-state index contributed by atoms with van der Waals surface area (Å²) in [6, 6.07) is 6.92. The Kier molecular flexibility index (Phi) is 5.20. The normalized spacial score (nSPS) is 18.9. The number of para-hydroxylation sites is 1. The molecule has 0 bridgehead atoms. The van der Waals surface area contributed by atoms with Crippen LogP contribution < -0.4 is 5.32 Å². The maximum absolute atomic E-state index is 12.3. The van der Waals surface area contributed by atoms with Crippen LogP contribution in [-0.2, 0) is 11.2 Å². The highest BCUT2D eigenvalue weighted by molar-refractivity contribution is 5.91. The average Bonchev–Trinajstić information content (AvgIpc) is 2.65. The topological polar surface area (TPSA) is 69.6 Å². The van der Waals surface area contributed by atoms with Gasteiger partial charge in [-0.3, -0.25) is 4.79 Å². The molecule has 5 heteroatoms. The summed E-state index contributed by atoms with van der Waals surface area (Å²) in [5.41, 5.74) is 1.21. The van der Waals surface area contributed by atoms with Crippen molar-refractivity contribution in [2.75, 3.05) is 18.4 Å². The molecule has 0 aromatic heterocycles. The van der Waals surface area contributed by atoms with Gasteiger partial charge in [-0.25, -0.2) is 4.79 Å². The molecule has 2 rings (SSSR count). The monoisotopic (exact) mass is 290 g/mol. The van der Waals surface area contributed by atoms with Gasteiger partial charge in [-0.2, -0.15) is 0 Å². The molecule has 0 aliphatic carbocycles. The Morgan fingerprint density at radius 2 is 2.05 bits per heavy atom. The smallest absolute Gasteiger partial charge is 0.321 e. The molecule has 2 N–H and O–H groups in total. The molecule has 1 atom stereocenters. The highest BCUT2D eigenvalue weighted by atomic mass is 16.4. The van der Waals surface area contributed by atoms with E-state index in [1.807, 2.05) is 4.90 Å². The summed E-state index contributed by atoms with van der Waals surface area (Å²) in [6.07, 6.45) is 3.10. The van der Waals surface area contributed by atoms with Gasteiger partial charge in [0.05, 0.1) is 6.42 Å². The SMILES string of the molecule is CC1CCCN(C(=O)Nc2ccccc2CC(=O)O)CC1. The predicted molar refractivity (Wildman–Crippen MR) is 81.4 cm³/mol. The minimum Gasteiger partial charge on any atom is -0.481 e. The number of hydrogen-bond acceptors (Lipinski definition) is 2. The number of carbonyl (C=O) groups excluding carboxylic acids is 1. The molecule has 0 saturated carbocycles. The van der Waals surface area contributed by atoms with Crippen molar-refractivity contribution in [3.8, 4) is 0 Å². The number of aliphatic carboxylic acids is 1. The number of amides is 2. The second-order valence-corrected chi connectivity index (χ2v) is 5.68. The van der Waals surface area contributed by atoms with Crippen LogP contribution >= 0.6 is 0 Å². The Labute approximate surface area is 125 Å². The molecule has 0 spiro atoms. The Morgan fingerprint density at radius 3 is 2.81 bits per heavy atom. The number of urea groups is 1. The summed E-state index contributed by atoms with van der Waals surface area (Å²) in [5, 5.41) is 11.8. The van der Waals surface area contributed by atoms with E-state index < -0.39 is 5.97 Å². The van der Waals surface area contributed by atoms with Gasteiger partial charge >= 0.3 is 12.0 Å². The lowest BCUT2D eigenvalue weighted by molar-refractivity contribution is -0.136. The fourth-order valence-electron chi connectivity index (χ4n) is 2.62. The third-order valence-electron chi connectivity index (χ3n) is 3.90. The predicted octanol–water partition coefficient (Wildman–Crippen LogP) is 2.97. The summed E-state index contributed by atoms with van der Waals surface area (Å²) in [6.45, 7) is 3.73. The number of hydrogen-bond donors (Lipinski definition) is 2. The molecule has 114 valence electrons. The van der Waals surface area contributed by atoms with Gasteiger partial charge < -0.3 is 15.3 Å². The maximum Gasteiger partial charge on any atom is 0.321 e. The summed E-state index contributed by atoms with van der Waals surface area (Å²) in [7, 11) is 0. The van der Waals surface area contributed by atoms with Crippen molar-refractivity contribution < 1.29 is 14.7 Å². The van der Waals surface area contributed by atoms with E-state index in [1.165, 1.54) is 0 Å². The lowest BCUT2D eigenvalue weighted by atomic mass is 10.0. The number of carbonyl (C=O) groups is 2. The van der Waals surface area contributed by atoms with Gasteiger partial charge in [-0.15, -0.1) is 0 Å². The first-order valence-electron chi connectivity index (χ1n) is 7.42. The number of carboxylic acids is 1. The maximum atomic E-state index is 12.3. The molecule has 1 unspecified atom stereocenters. The van der Waals surface area contributed by atoms with Gasteiger partial charge in [0.2, 0.25) is 0 Å². The van der Waals surface area contributed by atoms with Crippen LogP contribution in [0.25, 0.3) is 0 Å². The minimum absolute atomic E-state index is 0.0898. The second kappa shape index (κ2) is 7.11. The molecule has 1 aromatic rings. The molecule has 0 radical (unpaired) electrons. The molecule has 5 nitrogen and oxygen atoms in total. The molecular formula is C16H22N2O3. The van der Waals surface area contributed by atoms with E-state index in [4.69, 9.17) is 5.11 Å². The summed E-state index contributed by atoms with van der Waals surface area (Å²) >= 11 is 0. The first-order valence-corrected chi connectivity index (χ1v) is 7.42. The molecule has 2 amide bonds. The number of likely N-dealkylation sites (tertiary alicyclic amines) is 1. The third kappa shape index (κ3) is 4.48. The molecule has 21 heavy (non-hydrogen) atoms. The Balaban J connectivity index is 2.03. The number of nitrogens with zero attached hydrogens (tertiary/aromatic N) is 1. The number of carboxylic acid groups (broad SMARTS) is 1. The van der Waals surface area contributed by atoms with Crippen LogP contribution in [0.4, 0.5) is 10.5 Å². The van der Waals surface area contributed by atoms with Crippen LogP contribution in [0.15, 0.2) is 24.3 Å². The van der Waals surface area contributed by atoms with Gasteiger partial charge in [0, 0.05) is 18.8 Å². The van der Waals surface area contributed by atoms with Gasteiger partial charge in [0.25, 0.3) is 0 Å². The zero-order valence-electron chi connectivity index (χ0n) is 12.3. The van der Waals surface area contributed by atoms with E-state index in [2.05, 4.69) is 12.2 Å². The molecule has 1 aliphatic rings. The van der Waals surface area contributed by atoms with Crippen LogP contribution in [-0.4, -0.2) is 35.1 Å². The first kappa shape index (κ1) is 15.4. The zero-order chi connectivity index (χ0) is 15.2. The number of benzene rings is 1. The van der Waals surface area contributed by atoms with E-state index >= 15 is 0 Å². The van der Waals surface area contributed by atoms with Crippen molar-refractivity contribution in [2.45, 2.75) is 32.6 Å². The highest BCUT2D eigenvalue weighted by Crippen LogP contribution is 2.19. The lowest BCUT2D eigenvalue weighted by Gasteiger charge is -2.21. The fourth-order valence-corrected chi connectivity index (χ4v) is 2.62. The van der Waals surface area contributed by atoms with Gasteiger partial charge in [0.1, 0.15) is 0 Å².